The minimum Gasteiger partial charge on any atom is -0.481 e. The molecule has 0 bridgehead atoms. The molecule has 1 aromatic rings. The van der Waals surface area contributed by atoms with Crippen LogP contribution in [0.3, 0.4) is 0 Å². The van der Waals surface area contributed by atoms with E-state index >= 15 is 0 Å². The lowest BCUT2D eigenvalue weighted by atomic mass is 10.1. The Hall–Kier alpha value is -1.69. The summed E-state index contributed by atoms with van der Waals surface area (Å²) in [6, 6.07) is 3.67. The van der Waals surface area contributed by atoms with Gasteiger partial charge in [0.25, 0.3) is 0 Å². The zero-order valence-electron chi connectivity index (χ0n) is 12.6. The highest BCUT2D eigenvalue weighted by Crippen LogP contribution is 2.24. The molecule has 6 heteroatoms. The molecule has 0 amide bonds. The van der Waals surface area contributed by atoms with Gasteiger partial charge < -0.3 is 14.9 Å². The van der Waals surface area contributed by atoms with E-state index in [1.165, 1.54) is 30.0 Å². The number of hydrogen-bond donors (Lipinski definition) is 1. The molecule has 1 aromatic carbocycles. The lowest BCUT2D eigenvalue weighted by molar-refractivity contribution is -0.140. The van der Waals surface area contributed by atoms with Gasteiger partial charge in [-0.1, -0.05) is 13.0 Å². The highest BCUT2D eigenvalue weighted by atomic mass is 19.1. The summed E-state index contributed by atoms with van der Waals surface area (Å²) in [6.45, 7) is 2.75. The number of aliphatic carboxylic acids is 1. The van der Waals surface area contributed by atoms with Gasteiger partial charge in [-0.2, -0.15) is 0 Å². The van der Waals surface area contributed by atoms with Crippen LogP contribution in [0.25, 0.3) is 0 Å². The molecule has 0 heterocycles. The number of carboxylic acids is 1. The fourth-order valence-corrected chi connectivity index (χ4v) is 2.07. The Kier molecular flexibility index (Phi) is 6.55. The van der Waals surface area contributed by atoms with Crippen LogP contribution in [-0.4, -0.2) is 49.7 Å². The maximum Gasteiger partial charge on any atom is 0.308 e. The van der Waals surface area contributed by atoms with E-state index < -0.39 is 23.5 Å². The number of para-hydroxylation sites is 1. The van der Waals surface area contributed by atoms with Crippen LogP contribution in [0.4, 0.5) is 14.5 Å². The van der Waals surface area contributed by atoms with Crippen molar-refractivity contribution in [3.8, 4) is 0 Å². The Labute approximate surface area is 124 Å². The minimum atomic E-state index is -0.982. The summed E-state index contributed by atoms with van der Waals surface area (Å²) in [5, 5.41) is 9.01. The van der Waals surface area contributed by atoms with Crippen molar-refractivity contribution in [3.63, 3.8) is 0 Å². The number of benzene rings is 1. The number of anilines is 1. The summed E-state index contributed by atoms with van der Waals surface area (Å²) in [5.41, 5.74) is -0.149. The number of carbonyl (C=O) groups is 1. The fourth-order valence-electron chi connectivity index (χ4n) is 2.07. The van der Waals surface area contributed by atoms with Gasteiger partial charge in [-0.05, 0) is 39.2 Å². The topological polar surface area (TPSA) is 43.8 Å². The van der Waals surface area contributed by atoms with Gasteiger partial charge in [0.2, 0.25) is 0 Å². The first kappa shape index (κ1) is 17.4. The zero-order valence-corrected chi connectivity index (χ0v) is 12.6. The minimum absolute atomic E-state index is 0.0701. The van der Waals surface area contributed by atoms with E-state index in [2.05, 4.69) is 0 Å². The summed E-state index contributed by atoms with van der Waals surface area (Å²) in [5.74, 6) is -3.03. The van der Waals surface area contributed by atoms with Crippen LogP contribution in [0, 0.1) is 17.6 Å². The van der Waals surface area contributed by atoms with Crippen molar-refractivity contribution in [1.29, 1.82) is 0 Å². The molecule has 0 aliphatic heterocycles. The predicted molar refractivity (Wildman–Crippen MR) is 78.5 cm³/mol. The second-order valence-corrected chi connectivity index (χ2v) is 5.41. The van der Waals surface area contributed by atoms with E-state index in [4.69, 9.17) is 5.11 Å². The molecule has 0 saturated heterocycles. The first-order valence-corrected chi connectivity index (χ1v) is 6.89. The predicted octanol–water partition coefficient (Wildman–Crippen LogP) is 2.44. The average Bonchev–Trinajstić information content (AvgIpc) is 2.37. The van der Waals surface area contributed by atoms with E-state index in [0.717, 1.165) is 6.54 Å². The molecule has 118 valence electrons. The van der Waals surface area contributed by atoms with Crippen LogP contribution in [0.1, 0.15) is 13.3 Å². The highest BCUT2D eigenvalue weighted by Gasteiger charge is 2.21. The second-order valence-electron chi connectivity index (χ2n) is 5.41. The lowest BCUT2D eigenvalue weighted by Gasteiger charge is -2.28. The van der Waals surface area contributed by atoms with Gasteiger partial charge in [0.15, 0.2) is 0 Å². The third-order valence-corrected chi connectivity index (χ3v) is 3.20. The van der Waals surface area contributed by atoms with Gasteiger partial charge in [-0.15, -0.1) is 0 Å². The molecule has 0 saturated carbocycles. The van der Waals surface area contributed by atoms with Crippen LogP contribution < -0.4 is 4.90 Å². The molecule has 21 heavy (non-hydrogen) atoms. The Bertz CT molecular complexity index is 460. The SMILES string of the molecule is CC(CN(CCCN(C)C)c1c(F)cccc1F)C(=O)O. The van der Waals surface area contributed by atoms with Crippen LogP contribution in [0.2, 0.25) is 0 Å². The standard InChI is InChI=1S/C15H22F2N2O2/c1-11(15(20)21)10-19(9-5-8-18(2)3)14-12(16)6-4-7-13(14)17/h4,6-7,11H,5,8-10H2,1-3H3,(H,20,21). The Morgan fingerprint density at radius 2 is 1.81 bits per heavy atom. The maximum absolute atomic E-state index is 13.9. The summed E-state index contributed by atoms with van der Waals surface area (Å²) in [6.07, 6.45) is 0.688. The molecule has 1 N–H and O–H groups in total. The molecule has 0 fully saturated rings. The smallest absolute Gasteiger partial charge is 0.308 e. The number of halogens is 2. The van der Waals surface area contributed by atoms with Crippen molar-refractivity contribution in [2.24, 2.45) is 5.92 Å². The van der Waals surface area contributed by atoms with Crippen molar-refractivity contribution in [2.45, 2.75) is 13.3 Å². The number of rotatable bonds is 8. The quantitative estimate of drug-likeness (QED) is 0.801. The van der Waals surface area contributed by atoms with E-state index in [9.17, 15) is 13.6 Å². The van der Waals surface area contributed by atoms with Gasteiger partial charge >= 0.3 is 5.97 Å². The summed E-state index contributed by atoms with van der Waals surface area (Å²) < 4.78 is 27.8. The van der Waals surface area contributed by atoms with Crippen LogP contribution in [0.5, 0.6) is 0 Å². The first-order valence-electron chi connectivity index (χ1n) is 6.89. The molecule has 0 radical (unpaired) electrons. The van der Waals surface area contributed by atoms with Crippen LogP contribution in [0.15, 0.2) is 18.2 Å². The third-order valence-electron chi connectivity index (χ3n) is 3.20. The van der Waals surface area contributed by atoms with E-state index in [0.29, 0.717) is 13.0 Å². The average molecular weight is 300 g/mol. The Balaban J connectivity index is 2.92. The van der Waals surface area contributed by atoms with Gasteiger partial charge in [0, 0.05) is 13.1 Å². The number of nitrogens with zero attached hydrogens (tertiary/aromatic N) is 2. The normalized spacial score (nSPS) is 12.5. The number of hydrogen-bond acceptors (Lipinski definition) is 3. The molecular weight excluding hydrogens is 278 g/mol. The molecule has 0 aliphatic carbocycles. The van der Waals surface area contributed by atoms with Crippen LogP contribution in [-0.2, 0) is 4.79 Å². The molecule has 4 nitrogen and oxygen atoms in total. The summed E-state index contributed by atoms with van der Waals surface area (Å²) in [4.78, 5) is 14.4. The Morgan fingerprint density at radius 1 is 1.24 bits per heavy atom. The molecule has 0 spiro atoms. The second kappa shape index (κ2) is 7.93. The molecule has 0 aromatic heterocycles. The van der Waals surface area contributed by atoms with Gasteiger partial charge in [0.05, 0.1) is 5.92 Å². The van der Waals surface area contributed by atoms with Gasteiger partial charge in [0.1, 0.15) is 17.3 Å². The summed E-state index contributed by atoms with van der Waals surface area (Å²) in [7, 11) is 3.82. The van der Waals surface area contributed by atoms with Crippen molar-refractivity contribution >= 4 is 11.7 Å². The van der Waals surface area contributed by atoms with Crippen LogP contribution >= 0.6 is 0 Å². The molecule has 0 aliphatic rings. The Morgan fingerprint density at radius 3 is 2.29 bits per heavy atom. The molecule has 1 atom stereocenters. The van der Waals surface area contributed by atoms with E-state index in [1.54, 1.807) is 0 Å². The molecular formula is C15H22F2N2O2. The maximum atomic E-state index is 13.9. The van der Waals surface area contributed by atoms with Crippen molar-refractivity contribution in [1.82, 2.24) is 4.90 Å². The first-order chi connectivity index (χ1) is 9.82. The highest BCUT2D eigenvalue weighted by molar-refractivity contribution is 5.70. The fraction of sp³-hybridized carbons (Fsp3) is 0.533. The molecule has 1 rings (SSSR count). The number of carboxylic acid groups (broad SMARTS) is 1. The zero-order chi connectivity index (χ0) is 16.0. The van der Waals surface area contributed by atoms with E-state index in [1.807, 2.05) is 19.0 Å². The van der Waals surface area contributed by atoms with Crippen molar-refractivity contribution in [2.75, 3.05) is 38.6 Å². The van der Waals surface area contributed by atoms with Gasteiger partial charge in [-0.3, -0.25) is 4.79 Å². The largest absolute Gasteiger partial charge is 0.481 e. The third kappa shape index (κ3) is 5.30. The molecule has 1 unspecified atom stereocenters. The van der Waals surface area contributed by atoms with Gasteiger partial charge in [-0.25, -0.2) is 8.78 Å². The monoisotopic (exact) mass is 300 g/mol. The van der Waals surface area contributed by atoms with Crippen molar-refractivity contribution in [3.05, 3.63) is 29.8 Å². The lowest BCUT2D eigenvalue weighted by Crippen LogP contribution is -2.35. The van der Waals surface area contributed by atoms with E-state index in [-0.39, 0.29) is 12.2 Å². The van der Waals surface area contributed by atoms with Crippen molar-refractivity contribution < 1.29 is 18.7 Å². The summed E-state index contributed by atoms with van der Waals surface area (Å²) >= 11 is 0.